The molecule has 1 unspecified atom stereocenters. The molecule has 1 aromatic rings. The van der Waals surface area contributed by atoms with E-state index in [0.29, 0.717) is 4.47 Å². The molecule has 0 radical (unpaired) electrons. The van der Waals surface area contributed by atoms with Crippen LogP contribution in [0, 0.1) is 12.7 Å². The van der Waals surface area contributed by atoms with Gasteiger partial charge in [-0.25, -0.2) is 8.60 Å². The number of rotatable bonds is 1. The molecular formula is C7H6BrFO2S. The molecule has 0 spiro atoms. The fraction of sp³-hybridized carbons (Fsp3) is 0.143. The molecule has 0 aromatic heterocycles. The number of hydrogen-bond acceptors (Lipinski definition) is 1. The normalized spacial score (nSPS) is 13.0. The molecule has 0 aliphatic heterocycles. The summed E-state index contributed by atoms with van der Waals surface area (Å²) < 4.78 is 32.7. The maximum atomic E-state index is 12.9. The number of benzene rings is 1. The summed E-state index contributed by atoms with van der Waals surface area (Å²) in [5.41, 5.74) is 0.730. The maximum absolute atomic E-state index is 12.9. The van der Waals surface area contributed by atoms with Gasteiger partial charge in [-0.3, -0.25) is 0 Å². The van der Waals surface area contributed by atoms with Crippen LogP contribution in [0.3, 0.4) is 0 Å². The van der Waals surface area contributed by atoms with E-state index in [9.17, 15) is 8.60 Å². The van der Waals surface area contributed by atoms with E-state index >= 15 is 0 Å². The summed E-state index contributed by atoms with van der Waals surface area (Å²) in [6, 6.07) is 2.52. The van der Waals surface area contributed by atoms with Crippen molar-refractivity contribution >= 4 is 27.0 Å². The second kappa shape index (κ2) is 3.64. The minimum atomic E-state index is -2.25. The fourth-order valence-corrected chi connectivity index (χ4v) is 1.58. The Hall–Kier alpha value is -0.260. The van der Waals surface area contributed by atoms with Crippen LogP contribution in [0.25, 0.3) is 0 Å². The van der Waals surface area contributed by atoms with Crippen molar-refractivity contribution in [3.05, 3.63) is 28.0 Å². The first-order valence-electron chi connectivity index (χ1n) is 3.09. The summed E-state index contributed by atoms with van der Waals surface area (Å²) in [7, 11) is 0. The van der Waals surface area contributed by atoms with Gasteiger partial charge >= 0.3 is 0 Å². The third-order valence-electron chi connectivity index (χ3n) is 1.40. The van der Waals surface area contributed by atoms with Gasteiger partial charge in [0.05, 0.1) is 0 Å². The highest BCUT2D eigenvalue weighted by Crippen LogP contribution is 2.21. The molecule has 12 heavy (non-hydrogen) atoms. The summed E-state index contributed by atoms with van der Waals surface area (Å²) in [6.07, 6.45) is 0. The van der Waals surface area contributed by atoms with Gasteiger partial charge in [0.1, 0.15) is 10.7 Å². The predicted molar refractivity (Wildman–Crippen MR) is 47.9 cm³/mol. The molecular weight excluding hydrogens is 247 g/mol. The lowest BCUT2D eigenvalue weighted by molar-refractivity contribution is 0.543. The van der Waals surface area contributed by atoms with Crippen molar-refractivity contribution in [2.75, 3.05) is 0 Å². The first-order valence-corrected chi connectivity index (χ1v) is 4.99. The van der Waals surface area contributed by atoms with Crippen molar-refractivity contribution in [1.29, 1.82) is 0 Å². The highest BCUT2D eigenvalue weighted by molar-refractivity contribution is 9.10. The minimum absolute atomic E-state index is 0.185. The zero-order valence-electron chi connectivity index (χ0n) is 6.17. The van der Waals surface area contributed by atoms with E-state index in [2.05, 4.69) is 15.9 Å². The average molecular weight is 253 g/mol. The molecule has 0 saturated heterocycles. The molecule has 1 N–H and O–H groups in total. The van der Waals surface area contributed by atoms with Crippen LogP contribution in [-0.2, 0) is 11.1 Å². The van der Waals surface area contributed by atoms with Crippen molar-refractivity contribution < 1.29 is 13.2 Å². The number of hydrogen-bond donors (Lipinski definition) is 1. The molecule has 0 aliphatic rings. The molecule has 0 saturated carbocycles. The van der Waals surface area contributed by atoms with Crippen LogP contribution in [0.5, 0.6) is 0 Å². The Morgan fingerprint density at radius 3 is 2.67 bits per heavy atom. The van der Waals surface area contributed by atoms with E-state index in [1.807, 2.05) is 0 Å². The topological polar surface area (TPSA) is 37.3 Å². The van der Waals surface area contributed by atoms with Crippen LogP contribution in [-0.4, -0.2) is 8.76 Å². The average Bonchev–Trinajstić information content (AvgIpc) is 1.96. The molecule has 1 rings (SSSR count). The lowest BCUT2D eigenvalue weighted by atomic mass is 10.2. The van der Waals surface area contributed by atoms with Crippen molar-refractivity contribution in [2.45, 2.75) is 11.8 Å². The molecule has 0 heterocycles. The Morgan fingerprint density at radius 1 is 1.58 bits per heavy atom. The molecule has 1 atom stereocenters. The van der Waals surface area contributed by atoms with Crippen molar-refractivity contribution in [3.8, 4) is 0 Å². The molecule has 0 fully saturated rings. The van der Waals surface area contributed by atoms with Crippen LogP contribution >= 0.6 is 15.9 Å². The van der Waals surface area contributed by atoms with Gasteiger partial charge in [0.25, 0.3) is 0 Å². The Labute approximate surface area is 80.2 Å². The van der Waals surface area contributed by atoms with Gasteiger partial charge < -0.3 is 4.55 Å². The van der Waals surface area contributed by atoms with Crippen molar-refractivity contribution in [1.82, 2.24) is 0 Å². The predicted octanol–water partition coefficient (Wildman–Crippen LogP) is 2.48. The second-order valence-electron chi connectivity index (χ2n) is 2.28. The first kappa shape index (κ1) is 9.83. The zero-order valence-corrected chi connectivity index (χ0v) is 8.58. The van der Waals surface area contributed by atoms with Gasteiger partial charge in [-0.2, -0.15) is 0 Å². The highest BCUT2D eigenvalue weighted by atomic mass is 79.9. The maximum Gasteiger partial charge on any atom is 0.189 e. The smallest absolute Gasteiger partial charge is 0.189 e. The molecule has 1 aromatic carbocycles. The lowest BCUT2D eigenvalue weighted by Crippen LogP contribution is -1.94. The molecule has 0 bridgehead atoms. The van der Waals surface area contributed by atoms with Crippen molar-refractivity contribution in [2.24, 2.45) is 0 Å². The summed E-state index contributed by atoms with van der Waals surface area (Å²) in [6.45, 7) is 1.72. The van der Waals surface area contributed by atoms with Crippen LogP contribution in [0.15, 0.2) is 21.5 Å². The standard InChI is InChI=1S/C7H6BrFO2S/c1-4-2-7(12(10)11)6(9)3-5(4)8/h2-3H,1H3,(H,10,11). The van der Waals surface area contributed by atoms with Gasteiger partial charge in [-0.15, -0.1) is 0 Å². The SMILES string of the molecule is Cc1cc(S(=O)O)c(F)cc1Br. The minimum Gasteiger partial charge on any atom is -0.302 e. The van der Waals surface area contributed by atoms with E-state index in [4.69, 9.17) is 4.55 Å². The third kappa shape index (κ3) is 1.91. The van der Waals surface area contributed by atoms with E-state index in [1.54, 1.807) is 6.92 Å². The summed E-state index contributed by atoms with van der Waals surface area (Å²) in [5, 5.41) is 0. The van der Waals surface area contributed by atoms with Gasteiger partial charge in [0.15, 0.2) is 11.1 Å². The van der Waals surface area contributed by atoms with E-state index in [1.165, 1.54) is 12.1 Å². The Kier molecular flexibility index (Phi) is 2.98. The quantitative estimate of drug-likeness (QED) is 0.780. The summed E-state index contributed by atoms with van der Waals surface area (Å²) in [4.78, 5) is -0.185. The molecule has 5 heteroatoms. The third-order valence-corrected chi connectivity index (χ3v) is 2.94. The number of halogens is 2. The van der Waals surface area contributed by atoms with E-state index < -0.39 is 16.9 Å². The van der Waals surface area contributed by atoms with E-state index in [0.717, 1.165) is 5.56 Å². The van der Waals surface area contributed by atoms with Gasteiger partial charge in [0, 0.05) is 4.47 Å². The van der Waals surface area contributed by atoms with E-state index in [-0.39, 0.29) is 4.90 Å². The summed E-state index contributed by atoms with van der Waals surface area (Å²) in [5.74, 6) is -0.673. The Balaban J connectivity index is 3.33. The molecule has 0 aliphatic carbocycles. The highest BCUT2D eigenvalue weighted by Gasteiger charge is 2.09. The van der Waals surface area contributed by atoms with Crippen LogP contribution in [0.2, 0.25) is 0 Å². The summed E-state index contributed by atoms with van der Waals surface area (Å²) >= 11 is 0.854. The Morgan fingerprint density at radius 2 is 2.17 bits per heavy atom. The largest absolute Gasteiger partial charge is 0.302 e. The fourth-order valence-electron chi connectivity index (χ4n) is 0.765. The molecule has 66 valence electrons. The van der Waals surface area contributed by atoms with Crippen LogP contribution in [0.4, 0.5) is 4.39 Å². The van der Waals surface area contributed by atoms with Gasteiger partial charge in [-0.1, -0.05) is 15.9 Å². The number of aryl methyl sites for hydroxylation is 1. The van der Waals surface area contributed by atoms with Gasteiger partial charge in [0.2, 0.25) is 0 Å². The van der Waals surface area contributed by atoms with Crippen molar-refractivity contribution in [3.63, 3.8) is 0 Å². The second-order valence-corrected chi connectivity index (χ2v) is 4.07. The van der Waals surface area contributed by atoms with Gasteiger partial charge in [-0.05, 0) is 24.6 Å². The zero-order chi connectivity index (χ0) is 9.30. The molecule has 2 nitrogen and oxygen atoms in total. The molecule has 0 amide bonds. The Bertz CT molecular complexity index is 340. The lowest BCUT2D eigenvalue weighted by Gasteiger charge is -2.01. The monoisotopic (exact) mass is 252 g/mol. The first-order chi connectivity index (χ1) is 5.52. The van der Waals surface area contributed by atoms with Crippen LogP contribution in [0.1, 0.15) is 5.56 Å². The van der Waals surface area contributed by atoms with Crippen LogP contribution < -0.4 is 0 Å².